The minimum absolute atomic E-state index is 0.476. The molecule has 0 aliphatic heterocycles. The maximum atomic E-state index is 6.00. The Morgan fingerprint density at radius 1 is 1.25 bits per heavy atom. The van der Waals surface area contributed by atoms with Gasteiger partial charge in [0.15, 0.2) is 0 Å². The van der Waals surface area contributed by atoms with E-state index in [0.717, 1.165) is 34.5 Å². The third-order valence-corrected chi connectivity index (χ3v) is 2.96. The molecule has 0 saturated heterocycles. The first kappa shape index (κ1) is 14.8. The van der Waals surface area contributed by atoms with Gasteiger partial charge in [0, 0.05) is 31.2 Å². The number of nitrogens with one attached hydrogen (secondary N) is 1. The van der Waals surface area contributed by atoms with E-state index in [0.29, 0.717) is 13.0 Å². The standard InChI is InChI=1S/C15H18ClN3O/c1-3-17-14-9-13(10-20-2)18-15(19-14)8-11-5-4-6-12(16)7-11/h4-7,9H,3,8,10H2,1-2H3,(H,17,18,19). The molecule has 1 aromatic heterocycles. The Hall–Kier alpha value is -1.65. The van der Waals surface area contributed by atoms with Crippen molar-refractivity contribution in [1.29, 1.82) is 0 Å². The van der Waals surface area contributed by atoms with Gasteiger partial charge in [0.1, 0.15) is 11.6 Å². The third kappa shape index (κ3) is 4.18. The summed E-state index contributed by atoms with van der Waals surface area (Å²) < 4.78 is 5.15. The summed E-state index contributed by atoms with van der Waals surface area (Å²) in [5, 5.41) is 3.94. The SMILES string of the molecule is CCNc1cc(COC)nc(Cc2cccc(Cl)c2)n1. The highest BCUT2D eigenvalue weighted by Gasteiger charge is 2.06. The first-order valence-electron chi connectivity index (χ1n) is 6.55. The van der Waals surface area contributed by atoms with Crippen LogP contribution in [0, 0.1) is 0 Å². The van der Waals surface area contributed by atoms with Gasteiger partial charge in [-0.2, -0.15) is 0 Å². The highest BCUT2D eigenvalue weighted by Crippen LogP contribution is 2.15. The lowest BCUT2D eigenvalue weighted by molar-refractivity contribution is 0.181. The van der Waals surface area contributed by atoms with E-state index in [1.165, 1.54) is 0 Å². The van der Waals surface area contributed by atoms with Crippen molar-refractivity contribution in [2.24, 2.45) is 0 Å². The molecule has 1 aromatic carbocycles. The van der Waals surface area contributed by atoms with Crippen molar-refractivity contribution < 1.29 is 4.74 Å². The molecule has 1 heterocycles. The van der Waals surface area contributed by atoms with Crippen LogP contribution in [0.25, 0.3) is 0 Å². The van der Waals surface area contributed by atoms with Crippen LogP contribution in [0.3, 0.4) is 0 Å². The van der Waals surface area contributed by atoms with Crippen LogP contribution in [0.4, 0.5) is 5.82 Å². The first-order valence-corrected chi connectivity index (χ1v) is 6.93. The first-order chi connectivity index (χ1) is 9.71. The van der Waals surface area contributed by atoms with Crippen molar-refractivity contribution in [3.05, 3.63) is 52.4 Å². The smallest absolute Gasteiger partial charge is 0.135 e. The van der Waals surface area contributed by atoms with E-state index < -0.39 is 0 Å². The Morgan fingerprint density at radius 3 is 2.80 bits per heavy atom. The molecule has 0 bridgehead atoms. The Kier molecular flexibility index (Phi) is 5.32. The predicted octanol–water partition coefficient (Wildman–Crippen LogP) is 3.30. The van der Waals surface area contributed by atoms with Gasteiger partial charge in [-0.15, -0.1) is 0 Å². The number of hydrogen-bond acceptors (Lipinski definition) is 4. The Balaban J connectivity index is 2.25. The number of benzene rings is 1. The molecule has 0 fully saturated rings. The van der Waals surface area contributed by atoms with Crippen LogP contribution < -0.4 is 5.32 Å². The van der Waals surface area contributed by atoms with Crippen molar-refractivity contribution >= 4 is 17.4 Å². The lowest BCUT2D eigenvalue weighted by Gasteiger charge is -2.09. The largest absolute Gasteiger partial charge is 0.378 e. The summed E-state index contributed by atoms with van der Waals surface area (Å²) in [6, 6.07) is 9.65. The maximum Gasteiger partial charge on any atom is 0.135 e. The summed E-state index contributed by atoms with van der Waals surface area (Å²) in [7, 11) is 1.66. The van der Waals surface area contributed by atoms with Gasteiger partial charge in [-0.05, 0) is 24.6 Å². The lowest BCUT2D eigenvalue weighted by Crippen LogP contribution is -2.07. The second-order valence-electron chi connectivity index (χ2n) is 4.43. The Morgan fingerprint density at radius 2 is 2.10 bits per heavy atom. The quantitative estimate of drug-likeness (QED) is 0.887. The van der Waals surface area contributed by atoms with Crippen LogP contribution in [-0.4, -0.2) is 23.6 Å². The third-order valence-electron chi connectivity index (χ3n) is 2.73. The molecule has 0 aliphatic carbocycles. The molecule has 0 unspecified atom stereocenters. The fourth-order valence-electron chi connectivity index (χ4n) is 1.95. The van der Waals surface area contributed by atoms with Gasteiger partial charge < -0.3 is 10.1 Å². The predicted molar refractivity (Wildman–Crippen MR) is 81.2 cm³/mol. The number of hydrogen-bond donors (Lipinski definition) is 1. The average Bonchev–Trinajstić information content (AvgIpc) is 2.39. The van der Waals surface area contributed by atoms with Crippen molar-refractivity contribution in [3.8, 4) is 0 Å². The molecule has 2 aromatic rings. The van der Waals surface area contributed by atoms with Gasteiger partial charge >= 0.3 is 0 Å². The van der Waals surface area contributed by atoms with Gasteiger partial charge in [-0.1, -0.05) is 23.7 Å². The van der Waals surface area contributed by atoms with Crippen molar-refractivity contribution in [1.82, 2.24) is 9.97 Å². The van der Waals surface area contributed by atoms with E-state index in [4.69, 9.17) is 16.3 Å². The fourth-order valence-corrected chi connectivity index (χ4v) is 2.17. The van der Waals surface area contributed by atoms with Crippen LogP contribution in [0.15, 0.2) is 30.3 Å². The van der Waals surface area contributed by atoms with E-state index in [2.05, 4.69) is 15.3 Å². The zero-order valence-corrected chi connectivity index (χ0v) is 12.4. The molecular formula is C15H18ClN3O. The van der Waals surface area contributed by atoms with E-state index in [9.17, 15) is 0 Å². The molecule has 0 atom stereocenters. The summed E-state index contributed by atoms with van der Waals surface area (Å²) in [6.07, 6.45) is 0.649. The number of nitrogens with zero attached hydrogens (tertiary/aromatic N) is 2. The topological polar surface area (TPSA) is 47.0 Å². The lowest BCUT2D eigenvalue weighted by atomic mass is 10.1. The van der Waals surface area contributed by atoms with Crippen LogP contribution >= 0.6 is 11.6 Å². The maximum absolute atomic E-state index is 6.00. The minimum atomic E-state index is 0.476. The summed E-state index contributed by atoms with van der Waals surface area (Å²) in [4.78, 5) is 9.02. The summed E-state index contributed by atoms with van der Waals surface area (Å²) in [6.45, 7) is 3.33. The van der Waals surface area contributed by atoms with Gasteiger partial charge in [-0.3, -0.25) is 0 Å². The molecule has 2 rings (SSSR count). The van der Waals surface area contributed by atoms with Crippen molar-refractivity contribution in [3.63, 3.8) is 0 Å². The average molecular weight is 292 g/mol. The second kappa shape index (κ2) is 7.22. The summed E-state index contributed by atoms with van der Waals surface area (Å²) in [5.74, 6) is 1.59. The zero-order chi connectivity index (χ0) is 14.4. The van der Waals surface area contributed by atoms with E-state index in [1.54, 1.807) is 7.11 Å². The number of halogens is 1. The van der Waals surface area contributed by atoms with Crippen molar-refractivity contribution in [2.45, 2.75) is 20.0 Å². The second-order valence-corrected chi connectivity index (χ2v) is 4.87. The van der Waals surface area contributed by atoms with Gasteiger partial charge in [-0.25, -0.2) is 9.97 Å². The summed E-state index contributed by atoms with van der Waals surface area (Å²) >= 11 is 6.00. The van der Waals surface area contributed by atoms with Crippen LogP contribution in [0.2, 0.25) is 5.02 Å². The molecule has 20 heavy (non-hydrogen) atoms. The Bertz CT molecular complexity index is 551. The monoisotopic (exact) mass is 291 g/mol. The van der Waals surface area contributed by atoms with Gasteiger partial charge in [0.05, 0.1) is 12.3 Å². The van der Waals surface area contributed by atoms with E-state index >= 15 is 0 Å². The number of methoxy groups -OCH3 is 1. The molecule has 0 amide bonds. The van der Waals surface area contributed by atoms with Crippen molar-refractivity contribution in [2.75, 3.05) is 19.0 Å². The van der Waals surface area contributed by atoms with Gasteiger partial charge in [0.25, 0.3) is 0 Å². The van der Waals surface area contributed by atoms with E-state index in [1.807, 2.05) is 37.3 Å². The molecule has 1 N–H and O–H groups in total. The number of anilines is 1. The molecular weight excluding hydrogens is 274 g/mol. The zero-order valence-electron chi connectivity index (χ0n) is 11.7. The van der Waals surface area contributed by atoms with Crippen LogP contribution in [0.5, 0.6) is 0 Å². The number of ether oxygens (including phenoxy) is 1. The molecule has 0 saturated carbocycles. The normalized spacial score (nSPS) is 10.6. The molecule has 5 heteroatoms. The van der Waals surface area contributed by atoms with Crippen LogP contribution in [-0.2, 0) is 17.8 Å². The molecule has 106 valence electrons. The Labute approximate surface area is 124 Å². The van der Waals surface area contributed by atoms with Gasteiger partial charge in [0.2, 0.25) is 0 Å². The number of rotatable bonds is 6. The van der Waals surface area contributed by atoms with E-state index in [-0.39, 0.29) is 0 Å². The molecule has 0 aliphatic rings. The summed E-state index contributed by atoms with van der Waals surface area (Å²) in [5.41, 5.74) is 1.96. The molecule has 0 radical (unpaired) electrons. The minimum Gasteiger partial charge on any atom is -0.378 e. The molecule has 4 nitrogen and oxygen atoms in total. The fraction of sp³-hybridized carbons (Fsp3) is 0.333. The number of aromatic nitrogens is 2. The highest BCUT2D eigenvalue weighted by atomic mass is 35.5. The molecule has 0 spiro atoms. The van der Waals surface area contributed by atoms with Crippen LogP contribution in [0.1, 0.15) is 24.0 Å². The highest BCUT2D eigenvalue weighted by molar-refractivity contribution is 6.30.